The maximum atomic E-state index is 14.3. The molecule has 0 radical (unpaired) electrons. The fourth-order valence-electron chi connectivity index (χ4n) is 5.42. The van der Waals surface area contributed by atoms with Gasteiger partial charge in [-0.1, -0.05) is 35.9 Å². The van der Waals surface area contributed by atoms with E-state index in [0.717, 1.165) is 43.4 Å². The number of para-hydroxylation sites is 1. The van der Waals surface area contributed by atoms with Crippen LogP contribution in [0.4, 0.5) is 0 Å². The number of aromatic amines is 1. The van der Waals surface area contributed by atoms with Crippen molar-refractivity contribution in [1.82, 2.24) is 9.29 Å². The first kappa shape index (κ1) is 22.2. The lowest BCUT2D eigenvalue weighted by Crippen LogP contribution is -2.40. The third-order valence-corrected chi connectivity index (χ3v) is 11.1. The molecule has 6 nitrogen and oxygen atoms in total. The maximum Gasteiger partial charge on any atom is 0.253 e. The van der Waals surface area contributed by atoms with Gasteiger partial charge in [0, 0.05) is 32.9 Å². The molecule has 0 bridgehead atoms. The number of halogens is 1. The van der Waals surface area contributed by atoms with Gasteiger partial charge in [-0.25, -0.2) is 8.42 Å². The molecule has 36 heavy (non-hydrogen) atoms. The second-order valence-electron chi connectivity index (χ2n) is 9.10. The third kappa shape index (κ3) is 3.22. The molecule has 3 aromatic carbocycles. The van der Waals surface area contributed by atoms with Crippen molar-refractivity contribution in [1.29, 1.82) is 0 Å². The SMILES string of the molecule is Cc1c(S(=O)(=O)N2CCc3c([nH]c4ccccc34)[C@H]2c2ccc3c(c2)OCO3)sc2ccc(Cl)cc12. The molecule has 7 rings (SSSR count). The topological polar surface area (TPSA) is 71.6 Å². The Balaban J connectivity index is 1.44. The van der Waals surface area contributed by atoms with E-state index >= 15 is 0 Å². The molecule has 1 N–H and O–H groups in total. The number of H-pyrrole nitrogens is 1. The zero-order valence-corrected chi connectivity index (χ0v) is 21.6. The van der Waals surface area contributed by atoms with Crippen molar-refractivity contribution >= 4 is 54.0 Å². The van der Waals surface area contributed by atoms with Crippen LogP contribution in [0.2, 0.25) is 5.02 Å². The molecule has 0 aliphatic carbocycles. The molecule has 4 heterocycles. The molecule has 0 fully saturated rings. The van der Waals surface area contributed by atoms with Crippen LogP contribution in [0, 0.1) is 6.92 Å². The number of thiophene rings is 1. The van der Waals surface area contributed by atoms with Gasteiger partial charge in [0.05, 0.1) is 6.04 Å². The molecule has 2 aliphatic rings. The Morgan fingerprint density at radius 1 is 1.03 bits per heavy atom. The van der Waals surface area contributed by atoms with E-state index in [9.17, 15) is 8.42 Å². The second-order valence-corrected chi connectivity index (χ2v) is 12.7. The van der Waals surface area contributed by atoms with E-state index in [-0.39, 0.29) is 6.79 Å². The van der Waals surface area contributed by atoms with E-state index in [1.807, 2.05) is 55.5 Å². The normalized spacial score (nSPS) is 17.7. The predicted molar refractivity (Wildman–Crippen MR) is 142 cm³/mol. The van der Waals surface area contributed by atoms with Crippen molar-refractivity contribution in [2.24, 2.45) is 0 Å². The van der Waals surface area contributed by atoms with Crippen LogP contribution in [0.25, 0.3) is 21.0 Å². The Bertz CT molecular complexity index is 1790. The summed E-state index contributed by atoms with van der Waals surface area (Å²) in [4.78, 5) is 3.54. The first-order valence-electron chi connectivity index (χ1n) is 11.6. The number of hydrogen-bond acceptors (Lipinski definition) is 5. The van der Waals surface area contributed by atoms with Gasteiger partial charge in [0.15, 0.2) is 11.5 Å². The lowest BCUT2D eigenvalue weighted by molar-refractivity contribution is 0.174. The lowest BCUT2D eigenvalue weighted by Gasteiger charge is -2.35. The van der Waals surface area contributed by atoms with Crippen LogP contribution in [0.5, 0.6) is 11.5 Å². The summed E-state index contributed by atoms with van der Waals surface area (Å²) in [6, 6.07) is 18.8. The van der Waals surface area contributed by atoms with Crippen LogP contribution in [0.15, 0.2) is 64.9 Å². The average molecular weight is 537 g/mol. The Morgan fingerprint density at radius 2 is 1.86 bits per heavy atom. The van der Waals surface area contributed by atoms with E-state index in [2.05, 4.69) is 11.1 Å². The number of nitrogens with one attached hydrogen (secondary N) is 1. The van der Waals surface area contributed by atoms with Crippen molar-refractivity contribution in [2.75, 3.05) is 13.3 Å². The number of aromatic nitrogens is 1. The monoisotopic (exact) mass is 536 g/mol. The van der Waals surface area contributed by atoms with Crippen LogP contribution >= 0.6 is 22.9 Å². The largest absolute Gasteiger partial charge is 0.454 e. The maximum absolute atomic E-state index is 14.3. The minimum Gasteiger partial charge on any atom is -0.454 e. The van der Waals surface area contributed by atoms with Gasteiger partial charge in [-0.15, -0.1) is 11.3 Å². The molecule has 1 atom stereocenters. The zero-order chi connectivity index (χ0) is 24.6. The minimum atomic E-state index is -3.84. The summed E-state index contributed by atoms with van der Waals surface area (Å²) >= 11 is 7.52. The number of hydrogen-bond donors (Lipinski definition) is 1. The summed E-state index contributed by atoms with van der Waals surface area (Å²) in [6.07, 6.45) is 0.620. The highest BCUT2D eigenvalue weighted by Gasteiger charge is 2.41. The van der Waals surface area contributed by atoms with Crippen molar-refractivity contribution in [3.05, 3.63) is 88.1 Å². The highest BCUT2D eigenvalue weighted by atomic mass is 35.5. The molecule has 2 aliphatic heterocycles. The first-order valence-corrected chi connectivity index (χ1v) is 14.2. The number of ether oxygens (including phenoxy) is 2. The predicted octanol–water partition coefficient (Wildman–Crippen LogP) is 6.41. The lowest BCUT2D eigenvalue weighted by atomic mass is 9.94. The van der Waals surface area contributed by atoms with Crippen molar-refractivity contribution in [3.63, 3.8) is 0 Å². The summed E-state index contributed by atoms with van der Waals surface area (Å²) < 4.78 is 42.7. The standard InChI is InChI=1S/C27H21ClN2O4S2/c1-15-20-13-17(28)7-9-24(20)35-27(15)36(31,32)30-11-10-19-18-4-2-3-5-21(18)29-25(19)26(30)16-6-8-22-23(12-16)34-14-33-22/h2-9,12-13,26,29H,10-11,14H2,1H3/t26-/m1/s1. The molecule has 0 saturated carbocycles. The van der Waals surface area contributed by atoms with Gasteiger partial charge in [0.2, 0.25) is 6.79 Å². The van der Waals surface area contributed by atoms with Crippen molar-refractivity contribution < 1.29 is 17.9 Å². The van der Waals surface area contributed by atoms with Gasteiger partial charge in [0.1, 0.15) is 4.21 Å². The zero-order valence-electron chi connectivity index (χ0n) is 19.2. The van der Waals surface area contributed by atoms with Crippen LogP contribution in [0.3, 0.4) is 0 Å². The minimum absolute atomic E-state index is 0.159. The van der Waals surface area contributed by atoms with Gasteiger partial charge in [0.25, 0.3) is 10.0 Å². The molecule has 0 saturated heterocycles. The van der Waals surface area contributed by atoms with Gasteiger partial charge in [-0.2, -0.15) is 4.31 Å². The molecule has 2 aromatic heterocycles. The molecule has 5 aromatic rings. The van der Waals surface area contributed by atoms with Gasteiger partial charge in [-0.3, -0.25) is 0 Å². The highest BCUT2D eigenvalue weighted by molar-refractivity contribution is 7.91. The number of nitrogens with zero attached hydrogens (tertiary/aromatic N) is 1. The molecular weight excluding hydrogens is 516 g/mol. The second kappa shape index (κ2) is 7.98. The van der Waals surface area contributed by atoms with Gasteiger partial charge >= 0.3 is 0 Å². The van der Waals surface area contributed by atoms with E-state index in [0.29, 0.717) is 33.7 Å². The van der Waals surface area contributed by atoms with E-state index in [1.54, 1.807) is 10.4 Å². The van der Waals surface area contributed by atoms with Crippen LogP contribution < -0.4 is 9.47 Å². The van der Waals surface area contributed by atoms with Crippen molar-refractivity contribution in [3.8, 4) is 11.5 Å². The molecule has 0 unspecified atom stereocenters. The molecule has 0 spiro atoms. The van der Waals surface area contributed by atoms with Crippen molar-refractivity contribution in [2.45, 2.75) is 23.6 Å². The number of benzene rings is 3. The summed E-state index contributed by atoms with van der Waals surface area (Å²) in [5.74, 6) is 1.29. The number of aryl methyl sites for hydroxylation is 1. The summed E-state index contributed by atoms with van der Waals surface area (Å²) in [5.41, 5.74) is 4.60. The highest BCUT2D eigenvalue weighted by Crippen LogP contribution is 2.46. The Labute approximate surface area is 217 Å². The summed E-state index contributed by atoms with van der Waals surface area (Å²) in [6.45, 7) is 2.38. The van der Waals surface area contributed by atoms with Gasteiger partial charge in [-0.05, 0) is 71.8 Å². The Hall–Kier alpha value is -3.04. The Kier molecular flexibility index (Phi) is 4.92. The molecule has 0 amide bonds. The van der Waals surface area contributed by atoms with E-state index in [1.165, 1.54) is 11.3 Å². The fraction of sp³-hybridized carbons (Fsp3) is 0.185. The van der Waals surface area contributed by atoms with Gasteiger partial charge < -0.3 is 14.5 Å². The third-order valence-electron chi connectivity index (χ3n) is 7.10. The fourth-order valence-corrected chi connectivity index (χ4v) is 9.03. The van der Waals surface area contributed by atoms with Crippen LogP contribution in [-0.4, -0.2) is 31.0 Å². The average Bonchev–Trinajstić information content (AvgIpc) is 3.58. The smallest absolute Gasteiger partial charge is 0.253 e. The molecular formula is C27H21ClN2O4S2. The van der Waals surface area contributed by atoms with Crippen LogP contribution in [-0.2, 0) is 16.4 Å². The van der Waals surface area contributed by atoms with E-state index in [4.69, 9.17) is 21.1 Å². The van der Waals surface area contributed by atoms with Crippen LogP contribution in [0.1, 0.15) is 28.4 Å². The van der Waals surface area contributed by atoms with E-state index < -0.39 is 16.1 Å². The summed E-state index contributed by atoms with van der Waals surface area (Å²) in [5, 5.41) is 2.59. The summed E-state index contributed by atoms with van der Waals surface area (Å²) in [7, 11) is -3.84. The molecule has 9 heteroatoms. The first-order chi connectivity index (χ1) is 17.4. The molecule has 182 valence electrons. The number of sulfonamides is 1. The number of fused-ring (bicyclic) bond motifs is 5. The Morgan fingerprint density at radius 3 is 2.75 bits per heavy atom. The number of rotatable bonds is 3. The quantitative estimate of drug-likeness (QED) is 0.289.